The Morgan fingerprint density at radius 2 is 1.50 bits per heavy atom. The minimum Gasteiger partial charge on any atom is -0.489 e. The van der Waals surface area contributed by atoms with E-state index in [9.17, 15) is 9.90 Å². The van der Waals surface area contributed by atoms with Crippen LogP contribution in [0.3, 0.4) is 0 Å². The third-order valence-electron chi connectivity index (χ3n) is 6.20. The van der Waals surface area contributed by atoms with Crippen molar-refractivity contribution < 1.29 is 19.4 Å². The minimum atomic E-state index is -1.02. The number of aryl methyl sites for hydroxylation is 1. The molecular weight excluding hydrogens is 478 g/mol. The maximum Gasteiger partial charge on any atom is 0.339 e. The highest BCUT2D eigenvalue weighted by Gasteiger charge is 2.16. The number of carboxylic acids is 1. The summed E-state index contributed by atoms with van der Waals surface area (Å²) in [7, 11) is 0. The minimum absolute atomic E-state index is 0.147. The van der Waals surface area contributed by atoms with E-state index in [4.69, 9.17) is 14.5 Å². The van der Waals surface area contributed by atoms with Gasteiger partial charge in [-0.2, -0.15) is 5.10 Å². The highest BCUT2D eigenvalue weighted by Crippen LogP contribution is 2.30. The summed E-state index contributed by atoms with van der Waals surface area (Å²) in [4.78, 5) is 16.1. The van der Waals surface area contributed by atoms with Gasteiger partial charge in [0.25, 0.3) is 0 Å². The Hall–Kier alpha value is -4.91. The Labute approximate surface area is 220 Å². The van der Waals surface area contributed by atoms with Crippen LogP contribution in [0, 0.1) is 13.8 Å². The Morgan fingerprint density at radius 1 is 0.816 bits per heavy atom. The number of carboxylic acid groups (broad SMARTS) is 1. The first-order valence-electron chi connectivity index (χ1n) is 12.2. The lowest BCUT2D eigenvalue weighted by Crippen LogP contribution is -2.05. The number of hydrogen-bond donors (Lipinski definition) is 1. The third kappa shape index (κ3) is 5.57. The van der Waals surface area contributed by atoms with E-state index in [1.807, 2.05) is 84.9 Å². The van der Waals surface area contributed by atoms with Crippen LogP contribution in [-0.4, -0.2) is 25.8 Å². The second-order valence-corrected chi connectivity index (χ2v) is 8.94. The van der Waals surface area contributed by atoms with Crippen LogP contribution >= 0.6 is 0 Å². The van der Waals surface area contributed by atoms with Gasteiger partial charge >= 0.3 is 5.97 Å². The van der Waals surface area contributed by atoms with Gasteiger partial charge in [-0.25, -0.2) is 14.5 Å². The molecule has 1 N–H and O–H groups in total. The summed E-state index contributed by atoms with van der Waals surface area (Å²) in [5.74, 6) is 1.07. The number of carbonyl (C=O) groups is 1. The number of aromatic carboxylic acids is 1. The van der Waals surface area contributed by atoms with Crippen molar-refractivity contribution in [3.05, 3.63) is 125 Å². The van der Waals surface area contributed by atoms with Crippen LogP contribution in [0.15, 0.2) is 97.2 Å². The molecule has 0 aliphatic rings. The van der Waals surface area contributed by atoms with Crippen molar-refractivity contribution in [3.8, 4) is 28.6 Å². The van der Waals surface area contributed by atoms with E-state index in [1.165, 1.54) is 16.4 Å². The topological polar surface area (TPSA) is 86.5 Å². The van der Waals surface area contributed by atoms with Crippen molar-refractivity contribution >= 4 is 5.97 Å². The number of ether oxygens (including phenoxy) is 2. The molecule has 190 valence electrons. The number of para-hydroxylation sites is 1. The van der Waals surface area contributed by atoms with E-state index in [2.05, 4.69) is 12.0 Å². The normalized spacial score (nSPS) is 10.8. The Morgan fingerprint density at radius 3 is 2.18 bits per heavy atom. The molecule has 38 heavy (non-hydrogen) atoms. The van der Waals surface area contributed by atoms with E-state index in [0.29, 0.717) is 36.2 Å². The summed E-state index contributed by atoms with van der Waals surface area (Å²) in [6, 6.07) is 29.5. The average molecular weight is 506 g/mol. The fourth-order valence-corrected chi connectivity index (χ4v) is 4.04. The molecule has 0 saturated carbocycles. The molecule has 3 aromatic carbocycles. The average Bonchev–Trinajstić information content (AvgIpc) is 3.34. The molecule has 5 aromatic rings. The van der Waals surface area contributed by atoms with E-state index in [0.717, 1.165) is 22.4 Å². The fraction of sp³-hybridized carbons (Fsp3) is 0.129. The Balaban J connectivity index is 1.28. The quantitative estimate of drug-likeness (QED) is 0.249. The van der Waals surface area contributed by atoms with Crippen LogP contribution < -0.4 is 9.47 Å². The zero-order valence-electron chi connectivity index (χ0n) is 21.2. The van der Waals surface area contributed by atoms with Gasteiger partial charge in [-0.1, -0.05) is 60.2 Å². The van der Waals surface area contributed by atoms with Gasteiger partial charge in [0.15, 0.2) is 5.82 Å². The molecule has 0 saturated heterocycles. The molecule has 0 atom stereocenters. The summed E-state index contributed by atoms with van der Waals surface area (Å²) >= 11 is 0. The first kappa shape index (κ1) is 24.8. The first-order valence-corrected chi connectivity index (χ1v) is 12.2. The van der Waals surface area contributed by atoms with Gasteiger partial charge in [0.1, 0.15) is 30.3 Å². The lowest BCUT2D eigenvalue weighted by Gasteiger charge is -2.13. The van der Waals surface area contributed by atoms with Gasteiger partial charge in [-0.05, 0) is 61.4 Å². The second-order valence-electron chi connectivity index (χ2n) is 8.94. The number of nitrogens with zero attached hydrogens (tertiary/aromatic N) is 3. The van der Waals surface area contributed by atoms with Crippen LogP contribution in [0.4, 0.5) is 0 Å². The van der Waals surface area contributed by atoms with Crippen molar-refractivity contribution in [2.75, 3.05) is 0 Å². The molecule has 0 aliphatic heterocycles. The summed E-state index contributed by atoms with van der Waals surface area (Å²) in [6.45, 7) is 4.66. The molecule has 7 nitrogen and oxygen atoms in total. The van der Waals surface area contributed by atoms with Gasteiger partial charge in [0.2, 0.25) is 0 Å². The molecule has 0 unspecified atom stereocenters. The van der Waals surface area contributed by atoms with Crippen LogP contribution in [0.25, 0.3) is 17.1 Å². The predicted octanol–water partition coefficient (Wildman–Crippen LogP) is 6.41. The fourth-order valence-electron chi connectivity index (χ4n) is 4.04. The SMILES string of the molecule is Cc1ccc(OCc2ccc(COc3ccccc3-c3cccc(-n4ncc(C(=O)O)c4C)n3)cc2)cc1. The van der Waals surface area contributed by atoms with E-state index >= 15 is 0 Å². The molecule has 0 aliphatic carbocycles. The van der Waals surface area contributed by atoms with Crippen molar-refractivity contribution in [2.24, 2.45) is 0 Å². The van der Waals surface area contributed by atoms with Gasteiger partial charge in [-0.3, -0.25) is 0 Å². The molecule has 0 amide bonds. The Bertz CT molecular complexity index is 1560. The van der Waals surface area contributed by atoms with Crippen molar-refractivity contribution in [3.63, 3.8) is 0 Å². The predicted molar refractivity (Wildman–Crippen MR) is 145 cm³/mol. The highest BCUT2D eigenvalue weighted by molar-refractivity contribution is 5.88. The maximum atomic E-state index is 11.4. The van der Waals surface area contributed by atoms with Crippen LogP contribution in [0.5, 0.6) is 11.5 Å². The maximum absolute atomic E-state index is 11.4. The van der Waals surface area contributed by atoms with Gasteiger partial charge in [0.05, 0.1) is 17.6 Å². The summed E-state index contributed by atoms with van der Waals surface area (Å²) in [5, 5.41) is 13.6. The molecule has 0 bridgehead atoms. The number of benzene rings is 3. The first-order chi connectivity index (χ1) is 18.5. The van der Waals surface area contributed by atoms with Crippen LogP contribution in [0.2, 0.25) is 0 Å². The third-order valence-corrected chi connectivity index (χ3v) is 6.20. The molecule has 2 heterocycles. The largest absolute Gasteiger partial charge is 0.489 e. The van der Waals surface area contributed by atoms with E-state index < -0.39 is 5.97 Å². The molecule has 5 rings (SSSR count). The summed E-state index contributed by atoms with van der Waals surface area (Å²) < 4.78 is 13.6. The zero-order chi connectivity index (χ0) is 26.5. The van der Waals surface area contributed by atoms with Crippen LogP contribution in [0.1, 0.15) is 32.7 Å². The van der Waals surface area contributed by atoms with Crippen molar-refractivity contribution in [1.29, 1.82) is 0 Å². The molecular formula is C31H27N3O4. The summed E-state index contributed by atoms with van der Waals surface area (Å²) in [5.41, 5.74) is 5.51. The van der Waals surface area contributed by atoms with E-state index in [1.54, 1.807) is 13.0 Å². The van der Waals surface area contributed by atoms with Crippen molar-refractivity contribution in [1.82, 2.24) is 14.8 Å². The molecule has 0 fully saturated rings. The number of rotatable bonds is 9. The lowest BCUT2D eigenvalue weighted by molar-refractivity contribution is 0.0696. The lowest BCUT2D eigenvalue weighted by atomic mass is 10.1. The highest BCUT2D eigenvalue weighted by atomic mass is 16.5. The Kier molecular flexibility index (Phi) is 7.17. The molecule has 0 spiro atoms. The molecule has 0 radical (unpaired) electrons. The van der Waals surface area contributed by atoms with Gasteiger partial charge < -0.3 is 14.6 Å². The standard InChI is InChI=1S/C31H27N3O4/c1-21-10-16-25(17-11-21)37-19-23-12-14-24(15-13-23)20-38-29-8-4-3-6-26(29)28-7-5-9-30(33-28)34-22(2)27(18-32-34)31(35)36/h3-18H,19-20H2,1-2H3,(H,35,36). The molecule has 2 aromatic heterocycles. The number of hydrogen-bond acceptors (Lipinski definition) is 5. The molecule has 7 heteroatoms. The van der Waals surface area contributed by atoms with Gasteiger partial charge in [0, 0.05) is 5.56 Å². The summed E-state index contributed by atoms with van der Waals surface area (Å²) in [6.07, 6.45) is 1.34. The zero-order valence-corrected chi connectivity index (χ0v) is 21.2. The van der Waals surface area contributed by atoms with E-state index in [-0.39, 0.29) is 5.56 Å². The number of aromatic nitrogens is 3. The second kappa shape index (κ2) is 11.0. The van der Waals surface area contributed by atoms with Crippen LogP contribution in [-0.2, 0) is 13.2 Å². The monoisotopic (exact) mass is 505 g/mol. The number of pyridine rings is 1. The van der Waals surface area contributed by atoms with Gasteiger partial charge in [-0.15, -0.1) is 0 Å². The smallest absolute Gasteiger partial charge is 0.339 e. The van der Waals surface area contributed by atoms with Crippen molar-refractivity contribution in [2.45, 2.75) is 27.1 Å².